The maximum atomic E-state index is 12.4. The molecule has 0 bridgehead atoms. The van der Waals surface area contributed by atoms with Crippen LogP contribution in [0.2, 0.25) is 0 Å². The molecule has 0 unspecified atom stereocenters. The van der Waals surface area contributed by atoms with Crippen molar-refractivity contribution in [2.24, 2.45) is 0 Å². The van der Waals surface area contributed by atoms with E-state index in [1.54, 1.807) is 0 Å². The number of nitrogens with zero attached hydrogens (tertiary/aromatic N) is 2. The van der Waals surface area contributed by atoms with Gasteiger partial charge in [-0.1, -0.05) is 30.3 Å². The number of fused-ring (bicyclic) bond motifs is 1. The second-order valence-corrected chi connectivity index (χ2v) is 8.58. The van der Waals surface area contributed by atoms with E-state index >= 15 is 0 Å². The fourth-order valence-electron chi connectivity index (χ4n) is 2.89. The SMILES string of the molecule is CN(C)CCn1ccc2cc(NS(=O)(=O)CCc3ccccc3)ccc21. The standard InChI is InChI=1S/C20H25N3O2S/c1-22(2)13-14-23-12-10-18-16-19(8-9-20(18)23)21-26(24,25)15-11-17-6-4-3-5-7-17/h3-10,12,16,21H,11,13-15H2,1-2H3. The molecule has 5 nitrogen and oxygen atoms in total. The zero-order valence-electron chi connectivity index (χ0n) is 15.2. The zero-order valence-corrected chi connectivity index (χ0v) is 16.0. The van der Waals surface area contributed by atoms with Crippen molar-refractivity contribution in [1.82, 2.24) is 9.47 Å². The van der Waals surface area contributed by atoms with Crippen LogP contribution in [0.1, 0.15) is 5.56 Å². The topological polar surface area (TPSA) is 54.3 Å². The molecule has 0 aliphatic carbocycles. The van der Waals surface area contributed by atoms with Crippen molar-refractivity contribution in [3.63, 3.8) is 0 Å². The number of sulfonamides is 1. The molecule has 0 saturated carbocycles. The number of rotatable bonds is 8. The second-order valence-electron chi connectivity index (χ2n) is 6.74. The van der Waals surface area contributed by atoms with Gasteiger partial charge in [0.25, 0.3) is 0 Å². The molecule has 0 amide bonds. The molecule has 0 fully saturated rings. The molecule has 6 heteroatoms. The van der Waals surface area contributed by atoms with Gasteiger partial charge in [0, 0.05) is 35.9 Å². The van der Waals surface area contributed by atoms with Crippen molar-refractivity contribution in [2.75, 3.05) is 31.1 Å². The number of aryl methyl sites for hydroxylation is 1. The number of likely N-dealkylation sites (N-methyl/N-ethyl adjacent to an activating group) is 1. The molecule has 0 aliphatic heterocycles. The first-order chi connectivity index (χ1) is 12.4. The summed E-state index contributed by atoms with van der Waals surface area (Å²) >= 11 is 0. The molecule has 0 aliphatic rings. The molecule has 0 spiro atoms. The Bertz CT molecular complexity index is 963. The molecule has 1 N–H and O–H groups in total. The highest BCUT2D eigenvalue weighted by molar-refractivity contribution is 7.92. The Hall–Kier alpha value is -2.31. The molecule has 2 aromatic carbocycles. The van der Waals surface area contributed by atoms with Crippen molar-refractivity contribution < 1.29 is 8.42 Å². The van der Waals surface area contributed by atoms with Gasteiger partial charge in [0.2, 0.25) is 10.0 Å². The van der Waals surface area contributed by atoms with E-state index < -0.39 is 10.0 Å². The Balaban J connectivity index is 1.68. The van der Waals surface area contributed by atoms with E-state index in [-0.39, 0.29) is 5.75 Å². The van der Waals surface area contributed by atoms with Crippen LogP contribution in [0.25, 0.3) is 10.9 Å². The van der Waals surface area contributed by atoms with Gasteiger partial charge >= 0.3 is 0 Å². The lowest BCUT2D eigenvalue weighted by Crippen LogP contribution is -2.18. The van der Waals surface area contributed by atoms with Crippen LogP contribution in [0.4, 0.5) is 5.69 Å². The van der Waals surface area contributed by atoms with Gasteiger partial charge in [0.15, 0.2) is 0 Å². The number of nitrogens with one attached hydrogen (secondary N) is 1. The second kappa shape index (κ2) is 7.93. The summed E-state index contributed by atoms with van der Waals surface area (Å²) < 4.78 is 29.6. The predicted molar refractivity (Wildman–Crippen MR) is 108 cm³/mol. The predicted octanol–water partition coefficient (Wildman–Crippen LogP) is 3.19. The Labute approximate surface area is 155 Å². The number of anilines is 1. The Morgan fingerprint density at radius 3 is 2.54 bits per heavy atom. The van der Waals surface area contributed by atoms with Crippen LogP contribution < -0.4 is 4.72 Å². The van der Waals surface area contributed by atoms with Gasteiger partial charge in [-0.05, 0) is 50.3 Å². The lowest BCUT2D eigenvalue weighted by molar-refractivity contribution is 0.387. The van der Waals surface area contributed by atoms with Crippen molar-refractivity contribution in [1.29, 1.82) is 0 Å². The van der Waals surface area contributed by atoms with E-state index in [2.05, 4.69) is 14.2 Å². The van der Waals surface area contributed by atoms with Gasteiger partial charge in [-0.25, -0.2) is 8.42 Å². The van der Waals surface area contributed by atoms with E-state index in [1.807, 2.05) is 74.9 Å². The zero-order chi connectivity index (χ0) is 18.6. The molecule has 138 valence electrons. The summed E-state index contributed by atoms with van der Waals surface area (Å²) in [5.74, 6) is 0.0684. The maximum Gasteiger partial charge on any atom is 0.233 e. The van der Waals surface area contributed by atoms with E-state index in [0.29, 0.717) is 12.1 Å². The van der Waals surface area contributed by atoms with E-state index in [4.69, 9.17) is 0 Å². The van der Waals surface area contributed by atoms with Crippen LogP contribution in [0, 0.1) is 0 Å². The summed E-state index contributed by atoms with van der Waals surface area (Å²) in [5, 5.41) is 1.03. The van der Waals surface area contributed by atoms with E-state index in [1.165, 1.54) is 0 Å². The normalized spacial score (nSPS) is 12.0. The summed E-state index contributed by atoms with van der Waals surface area (Å²) in [6.07, 6.45) is 2.54. The van der Waals surface area contributed by atoms with Crippen LogP contribution in [0.15, 0.2) is 60.8 Å². The minimum absolute atomic E-state index is 0.0684. The summed E-state index contributed by atoms with van der Waals surface area (Å²) in [7, 11) is 0.720. The Morgan fingerprint density at radius 2 is 1.81 bits per heavy atom. The van der Waals surface area contributed by atoms with E-state index in [0.717, 1.165) is 29.6 Å². The molecule has 26 heavy (non-hydrogen) atoms. The molecule has 0 radical (unpaired) electrons. The highest BCUT2D eigenvalue weighted by atomic mass is 32.2. The van der Waals surface area contributed by atoms with Crippen LogP contribution in [-0.2, 0) is 23.0 Å². The molecule has 1 heterocycles. The van der Waals surface area contributed by atoms with Gasteiger partial charge in [-0.3, -0.25) is 4.72 Å². The van der Waals surface area contributed by atoms with Gasteiger partial charge < -0.3 is 9.47 Å². The third kappa shape index (κ3) is 4.86. The fraction of sp³-hybridized carbons (Fsp3) is 0.300. The van der Waals surface area contributed by atoms with Crippen LogP contribution in [0.5, 0.6) is 0 Å². The van der Waals surface area contributed by atoms with Gasteiger partial charge in [0.05, 0.1) is 5.75 Å². The first kappa shape index (κ1) is 18.5. The molecular weight excluding hydrogens is 346 g/mol. The molecule has 1 aromatic heterocycles. The van der Waals surface area contributed by atoms with Crippen LogP contribution in [0.3, 0.4) is 0 Å². The molecule has 3 rings (SSSR count). The summed E-state index contributed by atoms with van der Waals surface area (Å²) in [5.41, 5.74) is 2.74. The van der Waals surface area contributed by atoms with Gasteiger partial charge in [-0.15, -0.1) is 0 Å². The van der Waals surface area contributed by atoms with Gasteiger partial charge in [0.1, 0.15) is 0 Å². The Morgan fingerprint density at radius 1 is 1.04 bits per heavy atom. The summed E-state index contributed by atoms with van der Waals surface area (Å²) in [6.45, 7) is 1.86. The molecule has 3 aromatic rings. The minimum Gasteiger partial charge on any atom is -0.346 e. The molecule has 0 saturated heterocycles. The monoisotopic (exact) mass is 371 g/mol. The van der Waals surface area contributed by atoms with Crippen molar-refractivity contribution in [3.05, 3.63) is 66.4 Å². The van der Waals surface area contributed by atoms with Crippen molar-refractivity contribution in [2.45, 2.75) is 13.0 Å². The number of hydrogen-bond acceptors (Lipinski definition) is 3. The first-order valence-electron chi connectivity index (χ1n) is 8.71. The Kier molecular flexibility index (Phi) is 5.64. The quantitative estimate of drug-likeness (QED) is 0.662. The maximum absolute atomic E-state index is 12.4. The number of aromatic nitrogens is 1. The third-order valence-corrected chi connectivity index (χ3v) is 5.62. The highest BCUT2D eigenvalue weighted by Crippen LogP contribution is 2.21. The van der Waals surface area contributed by atoms with Gasteiger partial charge in [-0.2, -0.15) is 0 Å². The first-order valence-corrected chi connectivity index (χ1v) is 10.4. The molecular formula is C20H25N3O2S. The average molecular weight is 372 g/mol. The number of hydrogen-bond donors (Lipinski definition) is 1. The summed E-state index contributed by atoms with van der Waals surface area (Å²) in [6, 6.07) is 17.4. The van der Waals surface area contributed by atoms with E-state index in [9.17, 15) is 8.42 Å². The number of benzene rings is 2. The van der Waals surface area contributed by atoms with Crippen LogP contribution in [-0.4, -0.2) is 44.3 Å². The van der Waals surface area contributed by atoms with Crippen molar-refractivity contribution in [3.8, 4) is 0 Å². The molecule has 0 atom stereocenters. The minimum atomic E-state index is -3.38. The fourth-order valence-corrected chi connectivity index (χ4v) is 3.99. The summed E-state index contributed by atoms with van der Waals surface area (Å²) in [4.78, 5) is 2.14. The lowest BCUT2D eigenvalue weighted by Gasteiger charge is -2.12. The largest absolute Gasteiger partial charge is 0.346 e. The smallest absolute Gasteiger partial charge is 0.233 e. The van der Waals surface area contributed by atoms with Crippen LogP contribution >= 0.6 is 0 Å². The highest BCUT2D eigenvalue weighted by Gasteiger charge is 2.12. The van der Waals surface area contributed by atoms with Crippen molar-refractivity contribution >= 4 is 26.6 Å². The lowest BCUT2D eigenvalue weighted by atomic mass is 10.2. The average Bonchev–Trinajstić information content (AvgIpc) is 3.01. The third-order valence-electron chi connectivity index (χ3n) is 4.33.